The lowest BCUT2D eigenvalue weighted by Crippen LogP contribution is -2.41. The van der Waals surface area contributed by atoms with Crippen LogP contribution in [0.1, 0.15) is 53.4 Å². The molecule has 7 heteroatoms. The van der Waals surface area contributed by atoms with E-state index in [1.165, 1.54) is 0 Å². The highest BCUT2D eigenvalue weighted by Crippen LogP contribution is 2.23. The van der Waals surface area contributed by atoms with Gasteiger partial charge in [-0.2, -0.15) is 13.2 Å². The van der Waals surface area contributed by atoms with Crippen molar-refractivity contribution < 1.29 is 22.7 Å². The van der Waals surface area contributed by atoms with Crippen molar-refractivity contribution in [1.82, 2.24) is 10.2 Å². The molecule has 0 aromatic heterocycles. The van der Waals surface area contributed by atoms with Crippen molar-refractivity contribution in [2.24, 2.45) is 0 Å². The van der Waals surface area contributed by atoms with Gasteiger partial charge in [-0.15, -0.1) is 0 Å². The van der Waals surface area contributed by atoms with Crippen LogP contribution in [0.3, 0.4) is 0 Å². The van der Waals surface area contributed by atoms with Crippen molar-refractivity contribution in [2.75, 3.05) is 13.1 Å². The number of rotatable bonds is 5. The first kappa shape index (κ1) is 19.1. The van der Waals surface area contributed by atoms with Crippen LogP contribution < -0.4 is 5.32 Å². The molecular weight excluding hydrogens is 297 g/mol. The van der Waals surface area contributed by atoms with Gasteiger partial charge in [0.15, 0.2) is 0 Å². The Morgan fingerprint density at radius 1 is 1.36 bits per heavy atom. The molecule has 2 unspecified atom stereocenters. The number of hydrogen-bond donors (Lipinski definition) is 1. The molecule has 0 radical (unpaired) electrons. The van der Waals surface area contributed by atoms with Gasteiger partial charge in [0.1, 0.15) is 5.60 Å². The molecule has 1 heterocycles. The Bertz CT molecular complexity index is 367. The number of carbonyl (C=O) groups excluding carboxylic acids is 1. The van der Waals surface area contributed by atoms with Crippen LogP contribution in [0.4, 0.5) is 18.0 Å². The number of alkyl halides is 3. The first-order chi connectivity index (χ1) is 9.96. The van der Waals surface area contributed by atoms with Crippen molar-refractivity contribution in [3.8, 4) is 0 Å². The smallest absolute Gasteiger partial charge is 0.410 e. The lowest BCUT2D eigenvalue weighted by molar-refractivity contribution is -0.135. The summed E-state index contributed by atoms with van der Waals surface area (Å²) in [6, 6.07) is 0.124. The van der Waals surface area contributed by atoms with E-state index in [4.69, 9.17) is 4.74 Å². The van der Waals surface area contributed by atoms with Crippen molar-refractivity contribution >= 4 is 6.09 Å². The fourth-order valence-corrected chi connectivity index (χ4v) is 2.48. The molecule has 2 atom stereocenters. The largest absolute Gasteiger partial charge is 0.444 e. The van der Waals surface area contributed by atoms with Crippen LogP contribution in [0.5, 0.6) is 0 Å². The third-order valence-electron chi connectivity index (χ3n) is 3.46. The Morgan fingerprint density at radius 2 is 2.00 bits per heavy atom. The average Bonchev–Trinajstić information content (AvgIpc) is 2.73. The topological polar surface area (TPSA) is 41.6 Å². The van der Waals surface area contributed by atoms with Gasteiger partial charge >= 0.3 is 12.3 Å². The van der Waals surface area contributed by atoms with E-state index in [0.29, 0.717) is 19.5 Å². The number of carbonyl (C=O) groups is 1. The third kappa shape index (κ3) is 7.87. The second kappa shape index (κ2) is 7.53. The summed E-state index contributed by atoms with van der Waals surface area (Å²) in [6.07, 6.45) is -3.76. The highest BCUT2D eigenvalue weighted by Gasteiger charge is 2.30. The zero-order chi connectivity index (χ0) is 17.0. The Hall–Kier alpha value is -0.980. The molecule has 0 aliphatic carbocycles. The molecule has 0 saturated carbocycles. The monoisotopic (exact) mass is 324 g/mol. The van der Waals surface area contributed by atoms with Crippen LogP contribution in [-0.2, 0) is 4.74 Å². The van der Waals surface area contributed by atoms with Crippen molar-refractivity contribution in [3.05, 3.63) is 0 Å². The van der Waals surface area contributed by atoms with E-state index >= 15 is 0 Å². The third-order valence-corrected chi connectivity index (χ3v) is 3.46. The zero-order valence-corrected chi connectivity index (χ0v) is 13.8. The van der Waals surface area contributed by atoms with Gasteiger partial charge in [0, 0.05) is 31.6 Å². The molecule has 0 spiro atoms. The number of hydrogen-bond acceptors (Lipinski definition) is 3. The van der Waals surface area contributed by atoms with Gasteiger partial charge in [-0.25, -0.2) is 4.79 Å². The molecule has 1 N–H and O–H groups in total. The lowest BCUT2D eigenvalue weighted by Gasteiger charge is -2.25. The molecule has 1 amide bonds. The summed E-state index contributed by atoms with van der Waals surface area (Å²) in [5.74, 6) is 0. The van der Waals surface area contributed by atoms with E-state index in [9.17, 15) is 18.0 Å². The predicted molar refractivity (Wildman–Crippen MR) is 78.7 cm³/mol. The van der Waals surface area contributed by atoms with Gasteiger partial charge in [-0.05, 0) is 47.0 Å². The Morgan fingerprint density at radius 3 is 2.55 bits per heavy atom. The molecule has 0 bridgehead atoms. The van der Waals surface area contributed by atoms with Crippen LogP contribution in [0, 0.1) is 0 Å². The van der Waals surface area contributed by atoms with Crippen LogP contribution in [0.15, 0.2) is 0 Å². The van der Waals surface area contributed by atoms with Crippen LogP contribution >= 0.6 is 0 Å². The summed E-state index contributed by atoms with van der Waals surface area (Å²) < 4.78 is 41.6. The first-order valence-electron chi connectivity index (χ1n) is 7.77. The summed E-state index contributed by atoms with van der Waals surface area (Å²) in [4.78, 5) is 13.6. The summed E-state index contributed by atoms with van der Waals surface area (Å²) in [5.41, 5.74) is -0.520. The van der Waals surface area contributed by atoms with E-state index in [1.807, 2.05) is 27.7 Å². The number of amides is 1. The summed E-state index contributed by atoms with van der Waals surface area (Å²) in [5, 5.41) is 3.30. The maximum atomic E-state index is 12.1. The molecule has 1 aliphatic rings. The molecule has 1 aliphatic heterocycles. The summed E-state index contributed by atoms with van der Waals surface area (Å²) >= 11 is 0. The molecule has 1 rings (SSSR count). The molecule has 0 aromatic rings. The fraction of sp³-hybridized carbons (Fsp3) is 0.933. The summed E-state index contributed by atoms with van der Waals surface area (Å²) in [6.45, 7) is 8.49. The number of nitrogens with one attached hydrogen (secondary N) is 1. The highest BCUT2D eigenvalue weighted by molar-refractivity contribution is 5.68. The zero-order valence-electron chi connectivity index (χ0n) is 13.8. The minimum atomic E-state index is -4.08. The normalized spacial score (nSPS) is 21.0. The summed E-state index contributed by atoms with van der Waals surface area (Å²) in [7, 11) is 0. The van der Waals surface area contributed by atoms with Gasteiger partial charge in [-0.3, -0.25) is 0 Å². The van der Waals surface area contributed by atoms with Gasteiger partial charge in [-0.1, -0.05) is 0 Å². The Labute approximate surface area is 130 Å². The minimum Gasteiger partial charge on any atom is -0.444 e. The maximum absolute atomic E-state index is 12.1. The molecule has 1 saturated heterocycles. The highest BCUT2D eigenvalue weighted by atomic mass is 19.4. The fourth-order valence-electron chi connectivity index (χ4n) is 2.48. The minimum absolute atomic E-state index is 0.00550. The lowest BCUT2D eigenvalue weighted by atomic mass is 10.1. The van der Waals surface area contributed by atoms with Crippen molar-refractivity contribution in [1.29, 1.82) is 0 Å². The van der Waals surface area contributed by atoms with Crippen LogP contribution in [0.2, 0.25) is 0 Å². The van der Waals surface area contributed by atoms with E-state index < -0.39 is 18.2 Å². The average molecular weight is 324 g/mol. The maximum Gasteiger partial charge on any atom is 0.410 e. The number of nitrogens with zero attached hydrogens (tertiary/aromatic N) is 1. The van der Waals surface area contributed by atoms with E-state index in [1.54, 1.807) is 4.90 Å². The quantitative estimate of drug-likeness (QED) is 0.838. The molecule has 4 nitrogen and oxygen atoms in total. The standard InChI is InChI=1S/C15H27F3N2O2/c1-11(6-5-8-15(16,17)18)19-12-7-9-20(10-12)13(21)22-14(2,3)4/h11-12,19H,5-10H2,1-4H3. The molecule has 1 fully saturated rings. The van der Waals surface area contributed by atoms with E-state index in [2.05, 4.69) is 5.32 Å². The SMILES string of the molecule is CC(CCCC(F)(F)F)NC1CCN(C(=O)OC(C)(C)C)C1. The van der Waals surface area contributed by atoms with Crippen molar-refractivity contribution in [3.63, 3.8) is 0 Å². The molecule has 22 heavy (non-hydrogen) atoms. The Balaban J connectivity index is 2.27. The number of halogens is 3. The van der Waals surface area contributed by atoms with Gasteiger partial charge in [0.05, 0.1) is 0 Å². The molecule has 130 valence electrons. The van der Waals surface area contributed by atoms with Gasteiger partial charge < -0.3 is 15.0 Å². The van der Waals surface area contributed by atoms with Crippen LogP contribution in [0.25, 0.3) is 0 Å². The predicted octanol–water partition coefficient (Wildman–Crippen LogP) is 3.71. The van der Waals surface area contributed by atoms with Crippen LogP contribution in [-0.4, -0.2) is 47.9 Å². The van der Waals surface area contributed by atoms with Gasteiger partial charge in [0.25, 0.3) is 0 Å². The molecular formula is C15H27F3N2O2. The number of ether oxygens (including phenoxy) is 1. The number of likely N-dealkylation sites (tertiary alicyclic amines) is 1. The van der Waals surface area contributed by atoms with E-state index in [0.717, 1.165) is 6.42 Å². The van der Waals surface area contributed by atoms with E-state index in [-0.39, 0.29) is 24.6 Å². The second-order valence-corrected chi connectivity index (χ2v) is 6.99. The van der Waals surface area contributed by atoms with Gasteiger partial charge in [0.2, 0.25) is 0 Å². The van der Waals surface area contributed by atoms with Crippen molar-refractivity contribution in [2.45, 2.75) is 77.2 Å². The second-order valence-electron chi connectivity index (χ2n) is 6.99. The molecule has 0 aromatic carbocycles. The first-order valence-corrected chi connectivity index (χ1v) is 7.77. The Kier molecular flexibility index (Phi) is 6.52.